The quantitative estimate of drug-likeness (QED) is 0.877. The van der Waals surface area contributed by atoms with Gasteiger partial charge >= 0.3 is 0 Å². The average Bonchev–Trinajstić information content (AvgIpc) is 3.06. The van der Waals surface area contributed by atoms with E-state index >= 15 is 0 Å². The summed E-state index contributed by atoms with van der Waals surface area (Å²) in [5.41, 5.74) is 3.41. The summed E-state index contributed by atoms with van der Waals surface area (Å²) in [6.07, 6.45) is 4.65. The van der Waals surface area contributed by atoms with Gasteiger partial charge in [-0.05, 0) is 35.9 Å². The summed E-state index contributed by atoms with van der Waals surface area (Å²) in [4.78, 5) is 16.8. The van der Waals surface area contributed by atoms with Gasteiger partial charge < -0.3 is 19.7 Å². The molecule has 25 heavy (non-hydrogen) atoms. The summed E-state index contributed by atoms with van der Waals surface area (Å²) in [5.74, 6) is 0.237. The number of nitrogens with one attached hydrogen (secondary N) is 1. The molecule has 0 saturated carbocycles. The molecule has 1 saturated heterocycles. The molecule has 3 rings (SSSR count). The van der Waals surface area contributed by atoms with Crippen molar-refractivity contribution >= 4 is 11.6 Å². The van der Waals surface area contributed by atoms with Gasteiger partial charge in [0, 0.05) is 57.9 Å². The van der Waals surface area contributed by atoms with Gasteiger partial charge in [0.05, 0.1) is 6.42 Å². The summed E-state index contributed by atoms with van der Waals surface area (Å²) >= 11 is 0. The number of rotatable bonds is 6. The third-order valence-corrected chi connectivity index (χ3v) is 4.87. The molecule has 5 nitrogen and oxygen atoms in total. The van der Waals surface area contributed by atoms with Gasteiger partial charge in [0.15, 0.2) is 0 Å². The molecule has 0 unspecified atom stereocenters. The topological polar surface area (TPSA) is 40.5 Å². The Kier molecular flexibility index (Phi) is 5.76. The molecule has 1 aliphatic rings. The first-order valence-electron chi connectivity index (χ1n) is 9.08. The zero-order valence-electron chi connectivity index (χ0n) is 15.2. The van der Waals surface area contributed by atoms with E-state index in [1.165, 1.54) is 5.56 Å². The maximum Gasteiger partial charge on any atom is 0.227 e. The van der Waals surface area contributed by atoms with Crippen LogP contribution in [0.1, 0.15) is 18.1 Å². The highest BCUT2D eigenvalue weighted by Gasteiger charge is 2.20. The summed E-state index contributed by atoms with van der Waals surface area (Å²) in [6, 6.07) is 10.3. The standard InChI is InChI=1S/C20H28N4O/c1-3-23-10-12-24(13-11-23)20(25)14-17-4-6-19(7-5-17)21-15-18-8-9-22(2)16-18/h4-9,16,21H,3,10-15H2,1-2H3. The summed E-state index contributed by atoms with van der Waals surface area (Å²) in [5, 5.41) is 3.42. The number of aromatic nitrogens is 1. The van der Waals surface area contributed by atoms with Crippen LogP contribution in [0.5, 0.6) is 0 Å². The number of nitrogens with zero attached hydrogens (tertiary/aromatic N) is 3. The molecule has 0 atom stereocenters. The number of piperazine rings is 1. The van der Waals surface area contributed by atoms with Crippen molar-refractivity contribution in [3.05, 3.63) is 53.9 Å². The number of benzene rings is 1. The van der Waals surface area contributed by atoms with Gasteiger partial charge in [-0.1, -0.05) is 19.1 Å². The summed E-state index contributed by atoms with van der Waals surface area (Å²) in [6.45, 7) is 7.73. The molecule has 2 aromatic rings. The third kappa shape index (κ3) is 4.86. The van der Waals surface area contributed by atoms with E-state index in [4.69, 9.17) is 0 Å². The first-order valence-corrected chi connectivity index (χ1v) is 9.08. The van der Waals surface area contributed by atoms with Crippen molar-refractivity contribution < 1.29 is 4.79 Å². The number of hydrogen-bond donors (Lipinski definition) is 1. The van der Waals surface area contributed by atoms with E-state index in [2.05, 4.69) is 41.5 Å². The smallest absolute Gasteiger partial charge is 0.227 e. The predicted molar refractivity (Wildman–Crippen MR) is 102 cm³/mol. The molecule has 0 radical (unpaired) electrons. The van der Waals surface area contributed by atoms with E-state index in [1.807, 2.05) is 34.8 Å². The average molecular weight is 340 g/mol. The van der Waals surface area contributed by atoms with E-state index in [-0.39, 0.29) is 5.91 Å². The Morgan fingerprint density at radius 3 is 2.36 bits per heavy atom. The van der Waals surface area contributed by atoms with Crippen LogP contribution in [0.3, 0.4) is 0 Å². The Morgan fingerprint density at radius 1 is 1.04 bits per heavy atom. The van der Waals surface area contributed by atoms with Crippen molar-refractivity contribution in [2.75, 3.05) is 38.0 Å². The van der Waals surface area contributed by atoms with E-state index in [0.29, 0.717) is 6.42 Å². The van der Waals surface area contributed by atoms with E-state index < -0.39 is 0 Å². The second kappa shape index (κ2) is 8.21. The monoisotopic (exact) mass is 340 g/mol. The minimum absolute atomic E-state index is 0.237. The number of amides is 1. The van der Waals surface area contributed by atoms with E-state index in [0.717, 1.165) is 50.5 Å². The molecule has 1 aromatic carbocycles. The Morgan fingerprint density at radius 2 is 1.76 bits per heavy atom. The molecule has 1 N–H and O–H groups in total. The van der Waals surface area contributed by atoms with Gasteiger partial charge in [-0.15, -0.1) is 0 Å². The zero-order chi connectivity index (χ0) is 17.6. The molecule has 1 amide bonds. The van der Waals surface area contributed by atoms with Crippen molar-refractivity contribution in [1.82, 2.24) is 14.4 Å². The summed E-state index contributed by atoms with van der Waals surface area (Å²) in [7, 11) is 2.03. The molecule has 1 fully saturated rings. The maximum absolute atomic E-state index is 12.4. The van der Waals surface area contributed by atoms with Crippen LogP contribution in [0.4, 0.5) is 5.69 Å². The fourth-order valence-corrected chi connectivity index (χ4v) is 3.21. The lowest BCUT2D eigenvalue weighted by Gasteiger charge is -2.34. The predicted octanol–water partition coefficient (Wildman–Crippen LogP) is 2.34. The number of anilines is 1. The highest BCUT2D eigenvalue weighted by atomic mass is 16.2. The number of likely N-dealkylation sites (N-methyl/N-ethyl adjacent to an activating group) is 1. The normalized spacial score (nSPS) is 15.4. The second-order valence-electron chi connectivity index (χ2n) is 6.73. The minimum atomic E-state index is 0.237. The first kappa shape index (κ1) is 17.5. The van der Waals surface area contributed by atoms with Crippen molar-refractivity contribution in [2.45, 2.75) is 19.9 Å². The van der Waals surface area contributed by atoms with Crippen LogP contribution >= 0.6 is 0 Å². The Labute approximate surface area is 150 Å². The van der Waals surface area contributed by atoms with Crippen molar-refractivity contribution in [3.63, 3.8) is 0 Å². The molecule has 1 aromatic heterocycles. The summed E-state index contributed by atoms with van der Waals surface area (Å²) < 4.78 is 2.05. The fourth-order valence-electron chi connectivity index (χ4n) is 3.21. The van der Waals surface area contributed by atoms with Gasteiger partial charge in [0.25, 0.3) is 0 Å². The van der Waals surface area contributed by atoms with Crippen LogP contribution in [0.15, 0.2) is 42.7 Å². The molecular formula is C20H28N4O. The largest absolute Gasteiger partial charge is 0.381 e. The molecule has 134 valence electrons. The lowest BCUT2D eigenvalue weighted by Crippen LogP contribution is -2.48. The number of aryl methyl sites for hydroxylation is 1. The molecule has 0 bridgehead atoms. The number of carbonyl (C=O) groups is 1. The lowest BCUT2D eigenvalue weighted by molar-refractivity contribution is -0.132. The van der Waals surface area contributed by atoms with Gasteiger partial charge in [0.2, 0.25) is 5.91 Å². The van der Waals surface area contributed by atoms with Crippen LogP contribution in [0.25, 0.3) is 0 Å². The van der Waals surface area contributed by atoms with Crippen molar-refractivity contribution in [2.24, 2.45) is 7.05 Å². The third-order valence-electron chi connectivity index (χ3n) is 4.87. The molecule has 1 aliphatic heterocycles. The maximum atomic E-state index is 12.4. The van der Waals surface area contributed by atoms with Crippen LogP contribution in [-0.2, 0) is 24.8 Å². The van der Waals surface area contributed by atoms with Crippen LogP contribution in [0, 0.1) is 0 Å². The highest BCUT2D eigenvalue weighted by molar-refractivity contribution is 5.79. The van der Waals surface area contributed by atoms with Gasteiger partial charge in [0.1, 0.15) is 0 Å². The van der Waals surface area contributed by atoms with Gasteiger partial charge in [-0.3, -0.25) is 4.79 Å². The second-order valence-corrected chi connectivity index (χ2v) is 6.73. The zero-order valence-corrected chi connectivity index (χ0v) is 15.2. The van der Waals surface area contributed by atoms with E-state index in [9.17, 15) is 4.79 Å². The van der Waals surface area contributed by atoms with E-state index in [1.54, 1.807) is 0 Å². The van der Waals surface area contributed by atoms with Crippen LogP contribution in [0.2, 0.25) is 0 Å². The Bertz CT molecular complexity index is 684. The van der Waals surface area contributed by atoms with Gasteiger partial charge in [-0.25, -0.2) is 0 Å². The molecule has 5 heteroatoms. The fraction of sp³-hybridized carbons (Fsp3) is 0.450. The molecular weight excluding hydrogens is 312 g/mol. The SMILES string of the molecule is CCN1CCN(C(=O)Cc2ccc(NCc3ccn(C)c3)cc2)CC1. The molecule has 2 heterocycles. The molecule has 0 spiro atoms. The number of hydrogen-bond acceptors (Lipinski definition) is 3. The lowest BCUT2D eigenvalue weighted by atomic mass is 10.1. The van der Waals surface area contributed by atoms with Crippen molar-refractivity contribution in [1.29, 1.82) is 0 Å². The van der Waals surface area contributed by atoms with Gasteiger partial charge in [-0.2, -0.15) is 0 Å². The first-order chi connectivity index (χ1) is 12.1. The Balaban J connectivity index is 1.48. The number of carbonyl (C=O) groups excluding carboxylic acids is 1. The van der Waals surface area contributed by atoms with Crippen molar-refractivity contribution in [3.8, 4) is 0 Å². The minimum Gasteiger partial charge on any atom is -0.381 e. The highest BCUT2D eigenvalue weighted by Crippen LogP contribution is 2.13. The Hall–Kier alpha value is -2.27. The van der Waals surface area contributed by atoms with Crippen LogP contribution in [-0.4, -0.2) is 53.0 Å². The van der Waals surface area contributed by atoms with Crippen LogP contribution < -0.4 is 5.32 Å². The molecule has 0 aliphatic carbocycles.